The summed E-state index contributed by atoms with van der Waals surface area (Å²) in [4.78, 5) is 29.3. The van der Waals surface area contributed by atoms with Gasteiger partial charge in [0.05, 0.1) is 22.0 Å². The number of non-ortho nitro benzene ring substituents is 1. The van der Waals surface area contributed by atoms with Gasteiger partial charge in [0.15, 0.2) is 5.76 Å². The summed E-state index contributed by atoms with van der Waals surface area (Å²) < 4.78 is 14.9. The highest BCUT2D eigenvalue weighted by atomic mass is 79.9. The van der Waals surface area contributed by atoms with E-state index in [1.807, 2.05) is 42.5 Å². The summed E-state index contributed by atoms with van der Waals surface area (Å²) in [5, 5.41) is 17.2. The Morgan fingerprint density at radius 1 is 1.00 bits per heavy atom. The largest absolute Gasteiger partial charge is 0.488 e. The van der Waals surface area contributed by atoms with Crippen molar-refractivity contribution in [3.63, 3.8) is 0 Å². The van der Waals surface area contributed by atoms with E-state index in [0.29, 0.717) is 33.6 Å². The van der Waals surface area contributed by atoms with Crippen LogP contribution in [0.25, 0.3) is 33.5 Å². The fourth-order valence-electron chi connectivity index (χ4n) is 4.28. The van der Waals surface area contributed by atoms with Crippen LogP contribution in [0.15, 0.2) is 114 Å². The first-order chi connectivity index (χ1) is 19.9. The molecule has 0 fully saturated rings. The molecule has 0 aliphatic heterocycles. The Labute approximate surface area is 249 Å². The van der Waals surface area contributed by atoms with Crippen LogP contribution in [0.5, 0.6) is 5.75 Å². The van der Waals surface area contributed by atoms with Gasteiger partial charge >= 0.3 is 0 Å². The summed E-state index contributed by atoms with van der Waals surface area (Å²) >= 11 is 6.95. The maximum absolute atomic E-state index is 13.6. The second-order valence-electron chi connectivity index (χ2n) is 8.97. The lowest BCUT2D eigenvalue weighted by Crippen LogP contribution is -2.20. The highest BCUT2D eigenvalue weighted by Crippen LogP contribution is 2.29. The molecule has 0 N–H and O–H groups in total. The number of para-hydroxylation sites is 2. The zero-order valence-electron chi connectivity index (χ0n) is 21.0. The fraction of sp³-hybridized carbons (Fsp3) is 0.0333. The summed E-state index contributed by atoms with van der Waals surface area (Å²) in [6, 6.07) is 26.1. The van der Waals surface area contributed by atoms with Gasteiger partial charge in [-0.1, -0.05) is 68.3 Å². The number of ether oxygens (including phenoxy) is 1. The van der Waals surface area contributed by atoms with Crippen molar-refractivity contribution in [2.45, 2.75) is 6.61 Å². The minimum absolute atomic E-state index is 0.148. The molecular formula is C30H18Br2N4O5. The van der Waals surface area contributed by atoms with E-state index >= 15 is 0 Å². The number of nitro benzene ring substituents is 1. The van der Waals surface area contributed by atoms with Crippen molar-refractivity contribution in [2.24, 2.45) is 5.10 Å². The van der Waals surface area contributed by atoms with Crippen molar-refractivity contribution < 1.29 is 14.1 Å². The number of nitro groups is 1. The predicted octanol–water partition coefficient (Wildman–Crippen LogP) is 7.70. The zero-order chi connectivity index (χ0) is 28.5. The quantitative estimate of drug-likeness (QED) is 0.0975. The van der Waals surface area contributed by atoms with Gasteiger partial charge in [0.25, 0.3) is 11.2 Å². The minimum Gasteiger partial charge on any atom is -0.488 e. The normalized spacial score (nSPS) is 11.5. The van der Waals surface area contributed by atoms with E-state index in [-0.39, 0.29) is 18.1 Å². The first kappa shape index (κ1) is 26.6. The van der Waals surface area contributed by atoms with Crippen LogP contribution in [0.1, 0.15) is 11.1 Å². The molecule has 0 saturated heterocycles. The molecule has 0 radical (unpaired) electrons. The zero-order valence-corrected chi connectivity index (χ0v) is 24.2. The third-order valence-corrected chi connectivity index (χ3v) is 7.55. The fourth-order valence-corrected chi connectivity index (χ4v) is 5.44. The first-order valence-electron chi connectivity index (χ1n) is 12.3. The molecule has 0 saturated carbocycles. The van der Waals surface area contributed by atoms with E-state index in [9.17, 15) is 14.9 Å². The Balaban J connectivity index is 1.46. The van der Waals surface area contributed by atoms with Gasteiger partial charge in [-0.05, 0) is 42.5 Å². The van der Waals surface area contributed by atoms with Crippen molar-refractivity contribution in [1.82, 2.24) is 9.66 Å². The summed E-state index contributed by atoms with van der Waals surface area (Å²) in [6.07, 6.45) is 1.35. The van der Waals surface area contributed by atoms with E-state index in [1.165, 1.54) is 24.4 Å². The predicted molar refractivity (Wildman–Crippen MR) is 163 cm³/mol. The van der Waals surface area contributed by atoms with Crippen LogP contribution < -0.4 is 10.3 Å². The van der Waals surface area contributed by atoms with Gasteiger partial charge in [-0.2, -0.15) is 9.78 Å². The van der Waals surface area contributed by atoms with Crippen LogP contribution in [0, 0.1) is 10.1 Å². The maximum atomic E-state index is 13.6. The maximum Gasteiger partial charge on any atom is 0.282 e. The molecule has 11 heteroatoms. The van der Waals surface area contributed by atoms with Crippen molar-refractivity contribution >= 4 is 65.6 Å². The molecule has 6 rings (SSSR count). The summed E-state index contributed by atoms with van der Waals surface area (Å²) in [5.74, 6) is 0.885. The Hall–Kier alpha value is -4.61. The molecule has 4 aromatic carbocycles. The number of hydrogen-bond donors (Lipinski definition) is 0. The SMILES string of the molecule is O=c1c2ccccc2nc(-c2cc3ccccc3o2)n1N=Cc1cc([N+](=O)[O-])ccc1OCc1ccc(Br)cc1Br. The highest BCUT2D eigenvalue weighted by molar-refractivity contribution is 9.11. The molecule has 0 unspecified atom stereocenters. The summed E-state index contributed by atoms with van der Waals surface area (Å²) in [7, 11) is 0. The number of benzene rings is 4. The molecule has 0 bridgehead atoms. The van der Waals surface area contributed by atoms with E-state index in [0.717, 1.165) is 24.6 Å². The summed E-state index contributed by atoms with van der Waals surface area (Å²) in [6.45, 7) is 0.189. The van der Waals surface area contributed by atoms with Crippen LogP contribution in [0.2, 0.25) is 0 Å². The molecule has 41 heavy (non-hydrogen) atoms. The topological polar surface area (TPSA) is 113 Å². The van der Waals surface area contributed by atoms with Crippen molar-refractivity contribution in [3.05, 3.63) is 132 Å². The van der Waals surface area contributed by atoms with E-state index in [1.54, 1.807) is 30.3 Å². The van der Waals surface area contributed by atoms with Gasteiger partial charge in [0.2, 0.25) is 5.82 Å². The lowest BCUT2D eigenvalue weighted by Gasteiger charge is -2.11. The van der Waals surface area contributed by atoms with Crippen molar-refractivity contribution in [3.8, 4) is 17.3 Å². The average molecular weight is 674 g/mol. The number of halogens is 2. The van der Waals surface area contributed by atoms with Gasteiger partial charge < -0.3 is 9.15 Å². The molecule has 202 valence electrons. The van der Waals surface area contributed by atoms with Gasteiger partial charge in [-0.3, -0.25) is 14.9 Å². The third kappa shape index (κ3) is 5.41. The van der Waals surface area contributed by atoms with Gasteiger partial charge in [-0.15, -0.1) is 0 Å². The lowest BCUT2D eigenvalue weighted by molar-refractivity contribution is -0.384. The molecule has 9 nitrogen and oxygen atoms in total. The molecule has 6 aromatic rings. The molecule has 0 aliphatic carbocycles. The first-order valence-corrected chi connectivity index (χ1v) is 13.9. The summed E-state index contributed by atoms with van der Waals surface area (Å²) in [5.41, 5.74) is 1.73. The van der Waals surface area contributed by atoms with Crippen LogP contribution in [-0.2, 0) is 6.61 Å². The number of rotatable bonds is 7. The monoisotopic (exact) mass is 672 g/mol. The average Bonchev–Trinajstić information content (AvgIpc) is 3.41. The smallest absolute Gasteiger partial charge is 0.282 e. The van der Waals surface area contributed by atoms with E-state index in [2.05, 4.69) is 41.9 Å². The minimum atomic E-state index is -0.504. The van der Waals surface area contributed by atoms with Gasteiger partial charge in [0.1, 0.15) is 17.9 Å². The van der Waals surface area contributed by atoms with Crippen LogP contribution in [0.3, 0.4) is 0 Å². The Morgan fingerprint density at radius 2 is 1.80 bits per heavy atom. The highest BCUT2D eigenvalue weighted by Gasteiger charge is 2.17. The van der Waals surface area contributed by atoms with Crippen molar-refractivity contribution in [2.75, 3.05) is 0 Å². The lowest BCUT2D eigenvalue weighted by atomic mass is 10.2. The molecule has 0 amide bonds. The molecule has 0 atom stereocenters. The van der Waals surface area contributed by atoms with Gasteiger partial charge in [0, 0.05) is 37.6 Å². The van der Waals surface area contributed by atoms with Crippen molar-refractivity contribution in [1.29, 1.82) is 0 Å². The number of fused-ring (bicyclic) bond motifs is 2. The Morgan fingerprint density at radius 3 is 2.61 bits per heavy atom. The number of furan rings is 1. The molecule has 2 heterocycles. The molecular weight excluding hydrogens is 656 g/mol. The van der Waals surface area contributed by atoms with E-state index < -0.39 is 10.5 Å². The molecule has 0 spiro atoms. The van der Waals surface area contributed by atoms with Crippen LogP contribution in [0.4, 0.5) is 5.69 Å². The van der Waals surface area contributed by atoms with E-state index in [4.69, 9.17) is 9.15 Å². The number of hydrogen-bond acceptors (Lipinski definition) is 7. The van der Waals surface area contributed by atoms with Crippen LogP contribution >= 0.6 is 31.9 Å². The van der Waals surface area contributed by atoms with Crippen LogP contribution in [-0.4, -0.2) is 20.8 Å². The third-order valence-electron chi connectivity index (χ3n) is 6.31. The number of nitrogens with zero attached hydrogens (tertiary/aromatic N) is 4. The Kier molecular flexibility index (Phi) is 7.21. The second-order valence-corrected chi connectivity index (χ2v) is 10.7. The Bertz CT molecular complexity index is 2020. The van der Waals surface area contributed by atoms with Gasteiger partial charge in [-0.25, -0.2) is 4.98 Å². The standard InChI is InChI=1S/C30H18Br2N4O5/c31-21-10-9-19(24(32)15-21)17-40-26-12-11-22(36(38)39)13-20(26)16-33-35-29(28-14-18-5-1-4-8-27(18)41-28)34-25-7-3-2-6-23(25)30(35)37/h1-16H,17H2. The number of aromatic nitrogens is 2. The second kappa shape index (κ2) is 11.1. The molecule has 2 aromatic heterocycles. The molecule has 0 aliphatic rings.